The number of imide groups is 1. The van der Waals surface area contributed by atoms with Crippen LogP contribution in [0, 0.1) is 5.92 Å². The molecule has 0 radical (unpaired) electrons. The summed E-state index contributed by atoms with van der Waals surface area (Å²) < 4.78 is 0. The highest BCUT2D eigenvalue weighted by Gasteiger charge is 2.36. The largest absolute Gasteiger partial charge is 0.274 e. The number of amides is 2. The van der Waals surface area contributed by atoms with Gasteiger partial charge in [-0.25, -0.2) is 0 Å². The smallest absolute Gasteiger partial charge is 0.260 e. The first-order valence-electron chi connectivity index (χ1n) is 6.27. The van der Waals surface area contributed by atoms with Crippen molar-refractivity contribution in [3.63, 3.8) is 0 Å². The molecule has 1 aliphatic heterocycles. The summed E-state index contributed by atoms with van der Waals surface area (Å²) in [6, 6.07) is 0. The van der Waals surface area contributed by atoms with Crippen molar-refractivity contribution in [2.75, 3.05) is 6.54 Å². The summed E-state index contributed by atoms with van der Waals surface area (Å²) in [6.07, 6.45) is 4.31. The molecule has 2 amide bonds. The highest BCUT2D eigenvalue weighted by atomic mass is 16.2. The van der Waals surface area contributed by atoms with Crippen LogP contribution in [-0.4, -0.2) is 23.3 Å². The van der Waals surface area contributed by atoms with E-state index in [0.29, 0.717) is 12.5 Å². The van der Waals surface area contributed by atoms with Crippen LogP contribution in [0.2, 0.25) is 0 Å². The normalized spacial score (nSPS) is 18.1. The van der Waals surface area contributed by atoms with Crippen LogP contribution in [-0.2, 0) is 9.59 Å². The summed E-state index contributed by atoms with van der Waals surface area (Å²) in [5, 5.41) is 0. The molecule has 17 heavy (non-hydrogen) atoms. The van der Waals surface area contributed by atoms with Crippen LogP contribution in [0.15, 0.2) is 24.3 Å². The van der Waals surface area contributed by atoms with Gasteiger partial charge in [0.2, 0.25) is 0 Å². The number of unbranched alkanes of at least 4 members (excludes halogenated alkanes) is 1. The summed E-state index contributed by atoms with van der Waals surface area (Å²) in [5.74, 6) is -0.147. The minimum absolute atomic E-state index is 0.250. The molecule has 1 atom stereocenters. The molecule has 0 bridgehead atoms. The van der Waals surface area contributed by atoms with Crippen molar-refractivity contribution in [2.45, 2.75) is 39.5 Å². The Balaban J connectivity index is 2.67. The Morgan fingerprint density at radius 1 is 1.12 bits per heavy atom. The van der Waals surface area contributed by atoms with E-state index < -0.39 is 0 Å². The molecule has 0 aromatic heterocycles. The van der Waals surface area contributed by atoms with Crippen molar-refractivity contribution in [1.82, 2.24) is 4.90 Å². The molecule has 3 heteroatoms. The topological polar surface area (TPSA) is 37.4 Å². The first-order valence-corrected chi connectivity index (χ1v) is 6.27. The van der Waals surface area contributed by atoms with E-state index >= 15 is 0 Å². The Hall–Kier alpha value is -1.38. The molecule has 0 aromatic carbocycles. The van der Waals surface area contributed by atoms with Gasteiger partial charge < -0.3 is 0 Å². The molecule has 3 nitrogen and oxygen atoms in total. The van der Waals surface area contributed by atoms with Gasteiger partial charge in [0.05, 0.1) is 0 Å². The molecule has 0 aliphatic carbocycles. The molecule has 1 unspecified atom stereocenters. The first-order chi connectivity index (χ1) is 8.02. The van der Waals surface area contributed by atoms with E-state index in [4.69, 9.17) is 0 Å². The second-order valence-corrected chi connectivity index (χ2v) is 4.59. The van der Waals surface area contributed by atoms with E-state index in [9.17, 15) is 9.59 Å². The van der Waals surface area contributed by atoms with Crippen LogP contribution in [0.25, 0.3) is 0 Å². The van der Waals surface area contributed by atoms with Gasteiger partial charge in [-0.05, 0) is 12.3 Å². The van der Waals surface area contributed by atoms with E-state index in [1.54, 1.807) is 0 Å². The summed E-state index contributed by atoms with van der Waals surface area (Å²) >= 11 is 0. The summed E-state index contributed by atoms with van der Waals surface area (Å²) in [7, 11) is 0. The van der Waals surface area contributed by atoms with Gasteiger partial charge in [0, 0.05) is 17.7 Å². The summed E-state index contributed by atoms with van der Waals surface area (Å²) in [5.41, 5.74) is 0.501. The maximum atomic E-state index is 11.8. The number of hydrogen-bond donors (Lipinski definition) is 0. The van der Waals surface area contributed by atoms with E-state index in [1.165, 1.54) is 4.90 Å². The van der Waals surface area contributed by atoms with Crippen LogP contribution in [0.5, 0.6) is 0 Å². The fraction of sp³-hybridized carbons (Fsp3) is 0.571. The second-order valence-electron chi connectivity index (χ2n) is 4.59. The molecule has 1 heterocycles. The molecule has 1 saturated heterocycles. The van der Waals surface area contributed by atoms with Crippen LogP contribution < -0.4 is 0 Å². The van der Waals surface area contributed by atoms with Crippen molar-refractivity contribution >= 4 is 11.8 Å². The number of carbonyl (C=O) groups is 2. The lowest BCUT2D eigenvalue weighted by molar-refractivity contribution is -0.137. The molecule has 1 aliphatic rings. The zero-order chi connectivity index (χ0) is 13.0. The van der Waals surface area contributed by atoms with E-state index in [0.717, 1.165) is 25.7 Å². The third-order valence-electron chi connectivity index (χ3n) is 3.35. The third kappa shape index (κ3) is 2.84. The van der Waals surface area contributed by atoms with Gasteiger partial charge in [-0.3, -0.25) is 14.5 Å². The Labute approximate surface area is 103 Å². The lowest BCUT2D eigenvalue weighted by atomic mass is 9.99. The molecule has 0 spiro atoms. The highest BCUT2D eigenvalue weighted by molar-refractivity contribution is 6.23. The van der Waals surface area contributed by atoms with Crippen LogP contribution in [0.1, 0.15) is 39.5 Å². The molecule has 0 N–H and O–H groups in total. The van der Waals surface area contributed by atoms with E-state index in [2.05, 4.69) is 27.0 Å². The monoisotopic (exact) mass is 235 g/mol. The predicted octanol–water partition coefficient (Wildman–Crippen LogP) is 2.68. The molecular formula is C14H21NO2. The number of likely N-dealkylation sites (tertiary alicyclic amines) is 1. The Bertz CT molecular complexity index is 331. The van der Waals surface area contributed by atoms with Gasteiger partial charge in [-0.1, -0.05) is 46.3 Å². The Kier molecular flexibility index (Phi) is 4.67. The second kappa shape index (κ2) is 5.80. The van der Waals surface area contributed by atoms with Gasteiger partial charge in [-0.2, -0.15) is 0 Å². The minimum Gasteiger partial charge on any atom is -0.274 e. The van der Waals surface area contributed by atoms with Crippen molar-refractivity contribution in [2.24, 2.45) is 5.92 Å². The Morgan fingerprint density at radius 3 is 2.06 bits per heavy atom. The zero-order valence-corrected chi connectivity index (χ0v) is 10.8. The van der Waals surface area contributed by atoms with Gasteiger partial charge >= 0.3 is 0 Å². The van der Waals surface area contributed by atoms with E-state index in [-0.39, 0.29) is 23.0 Å². The fourth-order valence-corrected chi connectivity index (χ4v) is 2.02. The molecule has 0 aromatic rings. The van der Waals surface area contributed by atoms with Crippen molar-refractivity contribution < 1.29 is 9.59 Å². The van der Waals surface area contributed by atoms with Crippen LogP contribution in [0.4, 0.5) is 0 Å². The molecule has 1 fully saturated rings. The van der Waals surface area contributed by atoms with E-state index in [1.807, 2.05) is 0 Å². The molecule has 1 rings (SSSR count). The third-order valence-corrected chi connectivity index (χ3v) is 3.35. The van der Waals surface area contributed by atoms with Crippen molar-refractivity contribution in [1.29, 1.82) is 0 Å². The number of hydrogen-bond acceptors (Lipinski definition) is 2. The zero-order valence-electron chi connectivity index (χ0n) is 10.8. The highest BCUT2D eigenvalue weighted by Crippen LogP contribution is 2.24. The minimum atomic E-state index is -0.269. The number of nitrogens with zero attached hydrogens (tertiary/aromatic N) is 1. The molecule has 94 valence electrons. The molecular weight excluding hydrogens is 214 g/mol. The summed E-state index contributed by atoms with van der Waals surface area (Å²) in [4.78, 5) is 24.9. The average Bonchev–Trinajstić information content (AvgIpc) is 2.51. The molecule has 0 saturated carbocycles. The van der Waals surface area contributed by atoms with Crippen molar-refractivity contribution in [3.05, 3.63) is 24.3 Å². The standard InChI is InChI=1S/C14H21NO2/c1-5-7-8-12(6-2)9-15-13(16)10(3)11(4)14(15)17/h12H,3-9H2,1-2H3. The van der Waals surface area contributed by atoms with Gasteiger partial charge in [-0.15, -0.1) is 0 Å². The lowest BCUT2D eigenvalue weighted by Crippen LogP contribution is -2.34. The maximum absolute atomic E-state index is 11.8. The SMILES string of the molecule is C=C1C(=C)C(=O)N(CC(CC)CCCC)C1=O. The first kappa shape index (κ1) is 13.7. The quantitative estimate of drug-likeness (QED) is 0.524. The Morgan fingerprint density at radius 2 is 1.65 bits per heavy atom. The van der Waals surface area contributed by atoms with Crippen LogP contribution in [0.3, 0.4) is 0 Å². The fourth-order valence-electron chi connectivity index (χ4n) is 2.02. The predicted molar refractivity (Wildman–Crippen MR) is 68.3 cm³/mol. The average molecular weight is 235 g/mol. The summed E-state index contributed by atoms with van der Waals surface area (Å²) in [6.45, 7) is 11.9. The number of rotatable bonds is 6. The van der Waals surface area contributed by atoms with Gasteiger partial charge in [0.15, 0.2) is 0 Å². The number of carbonyl (C=O) groups excluding carboxylic acids is 2. The van der Waals surface area contributed by atoms with Gasteiger partial charge in [0.25, 0.3) is 11.8 Å². The van der Waals surface area contributed by atoms with Gasteiger partial charge in [0.1, 0.15) is 0 Å². The van der Waals surface area contributed by atoms with Crippen LogP contribution >= 0.6 is 0 Å². The van der Waals surface area contributed by atoms with Crippen molar-refractivity contribution in [3.8, 4) is 0 Å². The lowest BCUT2D eigenvalue weighted by Gasteiger charge is -2.20. The maximum Gasteiger partial charge on any atom is 0.260 e.